The number of benzene rings is 3. The molecule has 1 aliphatic rings. The lowest BCUT2D eigenvalue weighted by molar-refractivity contribution is 0.102. The fourth-order valence-corrected chi connectivity index (χ4v) is 3.94. The van der Waals surface area contributed by atoms with Crippen molar-refractivity contribution in [2.24, 2.45) is 0 Å². The predicted octanol–water partition coefficient (Wildman–Crippen LogP) is 5.85. The van der Waals surface area contributed by atoms with Crippen LogP contribution < -0.4 is 15.4 Å². The highest BCUT2D eigenvalue weighted by Gasteiger charge is 2.28. The molecule has 1 aliphatic heterocycles. The minimum Gasteiger partial charge on any atom is -0.497 e. The van der Waals surface area contributed by atoms with Crippen molar-refractivity contribution in [3.05, 3.63) is 113 Å². The van der Waals surface area contributed by atoms with E-state index in [1.807, 2.05) is 83.5 Å². The Morgan fingerprint density at radius 3 is 2.45 bits per heavy atom. The zero-order valence-corrected chi connectivity index (χ0v) is 18.6. The van der Waals surface area contributed by atoms with Crippen LogP contribution in [0.3, 0.4) is 0 Å². The van der Waals surface area contributed by atoms with E-state index in [0.717, 1.165) is 28.3 Å². The molecule has 0 saturated heterocycles. The van der Waals surface area contributed by atoms with E-state index in [-0.39, 0.29) is 11.9 Å². The van der Waals surface area contributed by atoms with Crippen LogP contribution in [0.5, 0.6) is 5.75 Å². The van der Waals surface area contributed by atoms with Crippen LogP contribution in [0.15, 0.2) is 91.1 Å². The highest BCUT2D eigenvalue weighted by molar-refractivity contribution is 6.30. The first-order valence-corrected chi connectivity index (χ1v) is 10.8. The molecule has 0 radical (unpaired) electrons. The summed E-state index contributed by atoms with van der Waals surface area (Å²) in [5, 5.41) is 11.6. The lowest BCUT2D eigenvalue weighted by Crippen LogP contribution is -2.22. The van der Waals surface area contributed by atoms with E-state index in [1.165, 1.54) is 0 Å². The van der Waals surface area contributed by atoms with Gasteiger partial charge in [-0.25, -0.2) is 4.68 Å². The molecule has 164 valence electrons. The van der Waals surface area contributed by atoms with Crippen molar-refractivity contribution in [3.63, 3.8) is 0 Å². The van der Waals surface area contributed by atoms with Gasteiger partial charge < -0.3 is 15.4 Å². The van der Waals surface area contributed by atoms with Crippen LogP contribution in [0, 0.1) is 0 Å². The van der Waals surface area contributed by atoms with Crippen molar-refractivity contribution in [2.45, 2.75) is 6.04 Å². The molecule has 0 saturated carbocycles. The minimum absolute atomic E-state index is 0.214. The number of amides is 1. The zero-order chi connectivity index (χ0) is 22.8. The average Bonchev–Trinajstić information content (AvgIpc) is 3.29. The third kappa shape index (κ3) is 4.21. The molecule has 3 aromatic carbocycles. The van der Waals surface area contributed by atoms with E-state index in [2.05, 4.69) is 21.8 Å². The van der Waals surface area contributed by atoms with Gasteiger partial charge in [-0.15, -0.1) is 0 Å². The Balaban J connectivity index is 1.55. The molecule has 2 N–H and O–H groups in total. The molecule has 0 fully saturated rings. The maximum Gasteiger partial charge on any atom is 0.261 e. The second-order valence-corrected chi connectivity index (χ2v) is 8.04. The monoisotopic (exact) mass is 456 g/mol. The second kappa shape index (κ2) is 8.84. The smallest absolute Gasteiger partial charge is 0.261 e. The highest BCUT2D eigenvalue weighted by Crippen LogP contribution is 2.36. The number of halogens is 1. The summed E-state index contributed by atoms with van der Waals surface area (Å²) in [4.78, 5) is 13.1. The summed E-state index contributed by atoms with van der Waals surface area (Å²) in [6, 6.07) is 24.6. The van der Waals surface area contributed by atoms with Crippen LogP contribution in [0.4, 0.5) is 11.5 Å². The van der Waals surface area contributed by atoms with Crippen LogP contribution >= 0.6 is 11.6 Å². The maximum atomic E-state index is 13.1. The van der Waals surface area contributed by atoms with E-state index < -0.39 is 0 Å². The van der Waals surface area contributed by atoms with E-state index in [0.29, 0.717) is 16.4 Å². The normalized spacial score (nSPS) is 14.6. The molecule has 6 nitrogen and oxygen atoms in total. The molecule has 5 rings (SSSR count). The largest absolute Gasteiger partial charge is 0.497 e. The number of ether oxygens (including phenoxy) is 1. The molecule has 0 bridgehead atoms. The van der Waals surface area contributed by atoms with Gasteiger partial charge in [0.05, 0.1) is 19.3 Å². The first-order chi connectivity index (χ1) is 16.1. The number of methoxy groups -OCH3 is 1. The third-order valence-corrected chi connectivity index (χ3v) is 5.78. The Labute approximate surface area is 196 Å². The van der Waals surface area contributed by atoms with Gasteiger partial charge in [0.1, 0.15) is 17.1 Å². The van der Waals surface area contributed by atoms with Crippen molar-refractivity contribution in [3.8, 4) is 5.75 Å². The van der Waals surface area contributed by atoms with Gasteiger partial charge in [0.15, 0.2) is 0 Å². The number of allylic oxidation sites excluding steroid dienone is 1. The number of rotatable bonds is 5. The van der Waals surface area contributed by atoms with Crippen LogP contribution in [-0.4, -0.2) is 22.8 Å². The summed E-state index contributed by atoms with van der Waals surface area (Å²) in [6.45, 7) is 0. The lowest BCUT2D eigenvalue weighted by atomic mass is 10.0. The molecule has 2 heterocycles. The third-order valence-electron chi connectivity index (χ3n) is 5.53. The van der Waals surface area contributed by atoms with E-state index in [9.17, 15) is 4.79 Å². The van der Waals surface area contributed by atoms with Gasteiger partial charge in [-0.05, 0) is 65.7 Å². The number of fused-ring (bicyclic) bond motifs is 1. The molecule has 1 atom stereocenters. The van der Waals surface area contributed by atoms with E-state index in [4.69, 9.17) is 16.3 Å². The van der Waals surface area contributed by atoms with Crippen LogP contribution in [0.1, 0.15) is 27.5 Å². The molecule has 0 unspecified atom stereocenters. The van der Waals surface area contributed by atoms with Crippen LogP contribution in [0.25, 0.3) is 5.70 Å². The zero-order valence-electron chi connectivity index (χ0n) is 17.8. The van der Waals surface area contributed by atoms with E-state index >= 15 is 0 Å². The average molecular weight is 457 g/mol. The van der Waals surface area contributed by atoms with Crippen molar-refractivity contribution in [1.82, 2.24) is 9.78 Å². The molecular weight excluding hydrogens is 436 g/mol. The van der Waals surface area contributed by atoms with Crippen molar-refractivity contribution >= 4 is 34.7 Å². The first kappa shape index (κ1) is 20.8. The second-order valence-electron chi connectivity index (χ2n) is 7.60. The predicted molar refractivity (Wildman–Crippen MR) is 131 cm³/mol. The number of anilines is 2. The number of aromatic nitrogens is 2. The van der Waals surface area contributed by atoms with Gasteiger partial charge in [0.25, 0.3) is 5.91 Å². The highest BCUT2D eigenvalue weighted by atomic mass is 35.5. The molecule has 33 heavy (non-hydrogen) atoms. The van der Waals surface area contributed by atoms with Gasteiger partial charge in [0.2, 0.25) is 0 Å². The fourth-order valence-electron chi connectivity index (χ4n) is 3.82. The van der Waals surface area contributed by atoms with Gasteiger partial charge in [-0.1, -0.05) is 41.9 Å². The number of carbonyl (C=O) groups excluding carboxylic acids is 1. The number of para-hydroxylation sites is 1. The van der Waals surface area contributed by atoms with Gasteiger partial charge in [-0.2, -0.15) is 5.10 Å². The number of hydrogen-bond acceptors (Lipinski definition) is 4. The molecule has 7 heteroatoms. The maximum absolute atomic E-state index is 13.1. The molecule has 0 spiro atoms. The van der Waals surface area contributed by atoms with E-state index in [1.54, 1.807) is 13.3 Å². The van der Waals surface area contributed by atoms with Crippen molar-refractivity contribution in [1.29, 1.82) is 0 Å². The Morgan fingerprint density at radius 1 is 1.03 bits per heavy atom. The molecule has 0 aliphatic carbocycles. The summed E-state index contributed by atoms with van der Waals surface area (Å²) in [5.41, 5.74) is 4.03. The minimum atomic E-state index is -0.235. The van der Waals surface area contributed by atoms with Gasteiger partial charge in [-0.3, -0.25) is 4.79 Å². The summed E-state index contributed by atoms with van der Waals surface area (Å²) in [7, 11) is 1.64. The first-order valence-electron chi connectivity index (χ1n) is 10.4. The standard InChI is InChI=1S/C26H21ClN4O2/c1-33-21-13-9-17(10-14-21)23-15-24(18-7-11-19(27)12-8-18)31-25(30-23)22(16-28-31)26(32)29-20-5-3-2-4-6-20/h2-16,24,30H,1H3,(H,29,32)/t24-/m0/s1. The number of nitrogens with zero attached hydrogens (tertiary/aromatic N) is 2. The van der Waals surface area contributed by atoms with Crippen molar-refractivity contribution < 1.29 is 9.53 Å². The molecule has 1 amide bonds. The quantitative estimate of drug-likeness (QED) is 0.395. The van der Waals surface area contributed by atoms with Crippen LogP contribution in [-0.2, 0) is 0 Å². The fraction of sp³-hybridized carbons (Fsp3) is 0.0769. The van der Waals surface area contributed by atoms with Crippen LogP contribution in [0.2, 0.25) is 5.02 Å². The number of hydrogen-bond donors (Lipinski definition) is 2. The SMILES string of the molecule is COc1ccc(C2=C[C@@H](c3ccc(Cl)cc3)n3ncc(C(=O)Nc4ccccc4)c3N2)cc1. The summed E-state index contributed by atoms with van der Waals surface area (Å²) < 4.78 is 7.11. The summed E-state index contributed by atoms with van der Waals surface area (Å²) >= 11 is 6.11. The topological polar surface area (TPSA) is 68.2 Å². The molecule has 1 aromatic heterocycles. The number of carbonyl (C=O) groups is 1. The molecular formula is C26H21ClN4O2. The lowest BCUT2D eigenvalue weighted by Gasteiger charge is -2.26. The van der Waals surface area contributed by atoms with Crippen molar-refractivity contribution in [2.75, 3.05) is 17.7 Å². The summed E-state index contributed by atoms with van der Waals surface area (Å²) in [5.74, 6) is 1.16. The molecule has 4 aromatic rings. The Bertz CT molecular complexity index is 1310. The summed E-state index contributed by atoms with van der Waals surface area (Å²) in [6.07, 6.45) is 3.68. The Morgan fingerprint density at radius 2 is 1.76 bits per heavy atom. The Hall–Kier alpha value is -4.03. The van der Waals surface area contributed by atoms with Gasteiger partial charge >= 0.3 is 0 Å². The number of nitrogens with one attached hydrogen (secondary N) is 2. The van der Waals surface area contributed by atoms with Gasteiger partial charge in [0, 0.05) is 16.4 Å². The Kier molecular flexibility index (Phi) is 5.59.